The first-order valence-corrected chi connectivity index (χ1v) is 13.4. The second kappa shape index (κ2) is 9.47. The quantitative estimate of drug-likeness (QED) is 0.552. The van der Waals surface area contributed by atoms with Crippen LogP contribution in [-0.2, 0) is 18.8 Å². The summed E-state index contributed by atoms with van der Waals surface area (Å²) in [6.45, 7) is 16.3. The van der Waals surface area contributed by atoms with Crippen LogP contribution >= 0.6 is 0 Å². The molecule has 3 aliphatic heterocycles. The third-order valence-electron chi connectivity index (χ3n) is 7.74. The Morgan fingerprint density at radius 2 is 1.84 bits per heavy atom. The zero-order valence-electron chi connectivity index (χ0n) is 23.2. The fourth-order valence-corrected chi connectivity index (χ4v) is 4.87. The van der Waals surface area contributed by atoms with Crippen LogP contribution in [0.5, 0.6) is 5.75 Å². The highest BCUT2D eigenvalue weighted by atomic mass is 16.7. The summed E-state index contributed by atoms with van der Waals surface area (Å²) in [6, 6.07) is 4.09. The van der Waals surface area contributed by atoms with E-state index in [4.69, 9.17) is 28.6 Å². The zero-order chi connectivity index (χ0) is 26.6. The standard InChI is InChI=1S/C27H40BN3O6/c1-25(2,3)35-24(32)30-15-18(16-30)17-34-22-13-19(28-36-26(4,5)27(6,7)37-28)12-21-20(22)14-29-31(21)23-10-8-9-11-33-23/h12-14,18,23H,8-11,15-17H2,1-7H3. The minimum atomic E-state index is -0.515. The smallest absolute Gasteiger partial charge is 0.492 e. The molecule has 37 heavy (non-hydrogen) atoms. The summed E-state index contributed by atoms with van der Waals surface area (Å²) in [6.07, 6.45) is 4.60. The van der Waals surface area contributed by atoms with E-state index in [1.165, 1.54) is 0 Å². The van der Waals surface area contributed by atoms with Gasteiger partial charge in [-0.2, -0.15) is 5.10 Å². The molecule has 0 bridgehead atoms. The van der Waals surface area contributed by atoms with Crippen molar-refractivity contribution in [1.82, 2.24) is 14.7 Å². The first-order valence-electron chi connectivity index (χ1n) is 13.4. The molecule has 1 aromatic heterocycles. The van der Waals surface area contributed by atoms with Crippen LogP contribution in [0.25, 0.3) is 10.9 Å². The van der Waals surface area contributed by atoms with Crippen LogP contribution < -0.4 is 10.2 Å². The van der Waals surface area contributed by atoms with Crippen molar-refractivity contribution < 1.29 is 28.3 Å². The molecular weight excluding hydrogens is 473 g/mol. The van der Waals surface area contributed by atoms with Gasteiger partial charge in [-0.25, -0.2) is 9.48 Å². The lowest BCUT2D eigenvalue weighted by atomic mass is 9.78. The molecule has 4 heterocycles. The third-order valence-corrected chi connectivity index (χ3v) is 7.74. The zero-order valence-corrected chi connectivity index (χ0v) is 23.2. The van der Waals surface area contributed by atoms with Gasteiger partial charge in [-0.05, 0) is 85.3 Å². The number of carbonyl (C=O) groups excluding carboxylic acids is 1. The van der Waals surface area contributed by atoms with Gasteiger partial charge < -0.3 is 28.4 Å². The Kier molecular flexibility index (Phi) is 6.73. The fourth-order valence-electron chi connectivity index (χ4n) is 4.87. The van der Waals surface area contributed by atoms with E-state index in [1.54, 1.807) is 4.90 Å². The first kappa shape index (κ1) is 26.3. The van der Waals surface area contributed by atoms with Crippen molar-refractivity contribution in [3.05, 3.63) is 18.3 Å². The minimum Gasteiger partial charge on any atom is -0.492 e. The fraction of sp³-hybridized carbons (Fsp3) is 0.704. The van der Waals surface area contributed by atoms with Crippen LogP contribution in [0.15, 0.2) is 18.3 Å². The van der Waals surface area contributed by atoms with Crippen LogP contribution in [-0.4, -0.2) is 71.0 Å². The molecule has 0 saturated carbocycles. The second-order valence-corrected chi connectivity index (χ2v) is 12.5. The molecule has 0 N–H and O–H groups in total. The molecule has 0 radical (unpaired) electrons. The summed E-state index contributed by atoms with van der Waals surface area (Å²) < 4.78 is 32.6. The average Bonchev–Trinajstić information content (AvgIpc) is 3.29. The van der Waals surface area contributed by atoms with Gasteiger partial charge in [-0.15, -0.1) is 0 Å². The van der Waals surface area contributed by atoms with Crippen molar-refractivity contribution in [3.8, 4) is 5.75 Å². The van der Waals surface area contributed by atoms with Crippen molar-refractivity contribution in [3.63, 3.8) is 0 Å². The molecule has 3 saturated heterocycles. The van der Waals surface area contributed by atoms with Crippen LogP contribution in [0.3, 0.4) is 0 Å². The van der Waals surface area contributed by atoms with Crippen molar-refractivity contribution in [2.24, 2.45) is 5.92 Å². The number of benzene rings is 1. The van der Waals surface area contributed by atoms with Gasteiger partial charge >= 0.3 is 13.2 Å². The van der Waals surface area contributed by atoms with E-state index in [2.05, 4.69) is 33.8 Å². The lowest BCUT2D eigenvalue weighted by molar-refractivity contribution is -0.0366. The van der Waals surface area contributed by atoms with Gasteiger partial charge in [0.15, 0.2) is 6.23 Å². The Labute approximate surface area is 219 Å². The Hall–Kier alpha value is -2.30. The Balaban J connectivity index is 1.36. The van der Waals surface area contributed by atoms with E-state index in [1.807, 2.05) is 37.7 Å². The van der Waals surface area contributed by atoms with Gasteiger partial charge in [0.1, 0.15) is 11.4 Å². The predicted molar refractivity (Wildman–Crippen MR) is 141 cm³/mol. The highest BCUT2D eigenvalue weighted by molar-refractivity contribution is 6.62. The van der Waals surface area contributed by atoms with Gasteiger partial charge in [0.2, 0.25) is 0 Å². The van der Waals surface area contributed by atoms with E-state index >= 15 is 0 Å². The molecule has 1 amide bonds. The monoisotopic (exact) mass is 513 g/mol. The SMILES string of the molecule is CC(C)(C)OC(=O)N1CC(COc2cc(B3OC(C)(C)C(C)(C)O3)cc3c2cnn3C2CCCCO2)C1. The number of nitrogens with zero attached hydrogens (tertiary/aromatic N) is 3. The number of likely N-dealkylation sites (tertiary alicyclic amines) is 1. The largest absolute Gasteiger partial charge is 0.495 e. The highest BCUT2D eigenvalue weighted by Gasteiger charge is 2.52. The van der Waals surface area contributed by atoms with Crippen LogP contribution in [0.1, 0.15) is 74.0 Å². The number of ether oxygens (including phenoxy) is 3. The number of amides is 1. The van der Waals surface area contributed by atoms with E-state index in [0.717, 1.165) is 48.0 Å². The summed E-state index contributed by atoms with van der Waals surface area (Å²) in [4.78, 5) is 14.0. The lowest BCUT2D eigenvalue weighted by Gasteiger charge is -2.39. The molecule has 10 heteroatoms. The molecule has 1 aromatic carbocycles. The van der Waals surface area contributed by atoms with E-state index in [-0.39, 0.29) is 18.2 Å². The summed E-state index contributed by atoms with van der Waals surface area (Å²) in [5.41, 5.74) is 0.441. The lowest BCUT2D eigenvalue weighted by Crippen LogP contribution is -2.53. The molecule has 5 rings (SSSR count). The predicted octanol–water partition coefficient (Wildman–Crippen LogP) is 4.28. The van der Waals surface area contributed by atoms with Crippen molar-refractivity contribution in [2.75, 3.05) is 26.3 Å². The maximum absolute atomic E-state index is 12.3. The molecule has 0 spiro atoms. The highest BCUT2D eigenvalue weighted by Crippen LogP contribution is 2.38. The molecule has 3 aliphatic rings. The van der Waals surface area contributed by atoms with Crippen LogP contribution in [0.2, 0.25) is 0 Å². The molecule has 9 nitrogen and oxygen atoms in total. The number of fused-ring (bicyclic) bond motifs is 1. The third kappa shape index (κ3) is 5.33. The van der Waals surface area contributed by atoms with Crippen molar-refractivity contribution >= 4 is 29.6 Å². The number of aromatic nitrogens is 2. The van der Waals surface area contributed by atoms with E-state index in [0.29, 0.717) is 19.7 Å². The molecule has 2 aromatic rings. The molecule has 0 aliphatic carbocycles. The first-order chi connectivity index (χ1) is 17.3. The number of carbonyl (C=O) groups is 1. The van der Waals surface area contributed by atoms with Gasteiger partial charge in [0.25, 0.3) is 0 Å². The Morgan fingerprint density at radius 1 is 1.14 bits per heavy atom. The number of rotatable bonds is 5. The summed E-state index contributed by atoms with van der Waals surface area (Å²) in [7, 11) is -0.515. The topological polar surface area (TPSA) is 84.3 Å². The second-order valence-electron chi connectivity index (χ2n) is 12.5. The van der Waals surface area contributed by atoms with Crippen LogP contribution in [0.4, 0.5) is 4.79 Å². The molecular formula is C27H40BN3O6. The summed E-state index contributed by atoms with van der Waals surface area (Å²) >= 11 is 0. The molecule has 3 fully saturated rings. The van der Waals surface area contributed by atoms with Gasteiger partial charge in [0, 0.05) is 25.6 Å². The summed E-state index contributed by atoms with van der Waals surface area (Å²) in [5.74, 6) is 0.972. The van der Waals surface area contributed by atoms with Gasteiger partial charge in [-0.1, -0.05) is 0 Å². The van der Waals surface area contributed by atoms with E-state index in [9.17, 15) is 4.79 Å². The van der Waals surface area contributed by atoms with E-state index < -0.39 is 23.9 Å². The molecule has 1 atom stereocenters. The minimum absolute atomic E-state index is 0.0957. The Morgan fingerprint density at radius 3 is 2.46 bits per heavy atom. The average molecular weight is 513 g/mol. The molecule has 1 unspecified atom stereocenters. The van der Waals surface area contributed by atoms with Crippen molar-refractivity contribution in [2.45, 2.75) is 90.8 Å². The van der Waals surface area contributed by atoms with Crippen molar-refractivity contribution in [1.29, 1.82) is 0 Å². The normalized spacial score (nSPS) is 23.8. The van der Waals surface area contributed by atoms with Crippen LogP contribution in [0, 0.1) is 5.92 Å². The number of hydrogen-bond donors (Lipinski definition) is 0. The van der Waals surface area contributed by atoms with Gasteiger partial charge in [0.05, 0.1) is 34.9 Å². The number of hydrogen-bond acceptors (Lipinski definition) is 7. The maximum atomic E-state index is 12.3. The molecule has 202 valence electrons. The van der Waals surface area contributed by atoms with Gasteiger partial charge in [-0.3, -0.25) is 0 Å². The maximum Gasteiger partial charge on any atom is 0.495 e. The summed E-state index contributed by atoms with van der Waals surface area (Å²) in [5, 5.41) is 5.62. The Bertz CT molecular complexity index is 1130.